The molecule has 0 bridgehead atoms. The van der Waals surface area contributed by atoms with Gasteiger partial charge in [-0.15, -0.1) is 5.10 Å². The number of amides is 2. The van der Waals surface area contributed by atoms with Crippen LogP contribution in [0, 0.1) is 0 Å². The van der Waals surface area contributed by atoms with E-state index in [4.69, 9.17) is 16.3 Å². The Kier molecular flexibility index (Phi) is 7.95. The number of ether oxygens (including phenoxy) is 1. The molecular weight excluding hydrogens is 472 g/mol. The number of amidine groups is 1. The highest BCUT2D eigenvalue weighted by Gasteiger charge is 2.32. The fourth-order valence-corrected chi connectivity index (χ4v) is 4.21. The number of carbonyl (C=O) groups excluding carboxylic acids is 2. The lowest BCUT2D eigenvalue weighted by atomic mass is 10.2. The van der Waals surface area contributed by atoms with E-state index in [2.05, 4.69) is 20.8 Å². The van der Waals surface area contributed by atoms with Crippen molar-refractivity contribution in [2.45, 2.75) is 18.3 Å². The zero-order valence-electron chi connectivity index (χ0n) is 18.0. The Labute approximate surface area is 206 Å². The number of hydrogen-bond donors (Lipinski definition) is 2. The van der Waals surface area contributed by atoms with Gasteiger partial charge in [0.1, 0.15) is 17.6 Å². The smallest absolute Gasteiger partial charge is 0.240 e. The molecule has 34 heavy (non-hydrogen) atoms. The molecule has 0 radical (unpaired) electrons. The minimum Gasteiger partial charge on any atom is -0.489 e. The molecule has 1 aliphatic rings. The maximum atomic E-state index is 12.2. The number of halogens is 1. The van der Waals surface area contributed by atoms with Crippen LogP contribution < -0.4 is 15.4 Å². The number of para-hydroxylation sites is 1. The third-order valence-electron chi connectivity index (χ3n) is 4.77. The van der Waals surface area contributed by atoms with Crippen LogP contribution in [0.25, 0.3) is 0 Å². The Hall–Kier alpha value is -3.62. The molecule has 3 aromatic rings. The van der Waals surface area contributed by atoms with E-state index < -0.39 is 5.25 Å². The third-order valence-corrected chi connectivity index (χ3v) is 6.21. The van der Waals surface area contributed by atoms with Crippen molar-refractivity contribution < 1.29 is 14.3 Å². The number of carbonyl (C=O) groups is 2. The van der Waals surface area contributed by atoms with E-state index in [1.807, 2.05) is 66.7 Å². The van der Waals surface area contributed by atoms with Gasteiger partial charge < -0.3 is 15.4 Å². The molecule has 1 atom stereocenters. The molecule has 1 unspecified atom stereocenters. The summed E-state index contributed by atoms with van der Waals surface area (Å²) >= 11 is 7.35. The van der Waals surface area contributed by atoms with Gasteiger partial charge in [0.05, 0.1) is 6.21 Å². The topological polar surface area (TPSA) is 92.2 Å². The fraction of sp³-hybridized carbons (Fsp3) is 0.120. The highest BCUT2D eigenvalue weighted by molar-refractivity contribution is 8.15. The summed E-state index contributed by atoms with van der Waals surface area (Å²) in [6, 6.07) is 24.0. The normalized spacial score (nSPS) is 16.6. The molecule has 2 amide bonds. The molecule has 0 aliphatic carbocycles. The molecule has 1 heterocycles. The summed E-state index contributed by atoms with van der Waals surface area (Å²) in [4.78, 5) is 24.4. The predicted octanol–water partition coefficient (Wildman–Crippen LogP) is 4.87. The van der Waals surface area contributed by atoms with Crippen molar-refractivity contribution in [2.75, 3.05) is 5.32 Å². The molecule has 1 aliphatic heterocycles. The summed E-state index contributed by atoms with van der Waals surface area (Å²) in [7, 11) is 0. The highest BCUT2D eigenvalue weighted by atomic mass is 35.5. The van der Waals surface area contributed by atoms with Gasteiger partial charge in [0.15, 0.2) is 5.17 Å². The molecule has 0 spiro atoms. The van der Waals surface area contributed by atoms with E-state index in [0.717, 1.165) is 11.1 Å². The van der Waals surface area contributed by atoms with Crippen molar-refractivity contribution in [3.8, 4) is 5.75 Å². The minimum absolute atomic E-state index is 0.0406. The predicted molar refractivity (Wildman–Crippen MR) is 136 cm³/mol. The second-order valence-electron chi connectivity index (χ2n) is 7.32. The van der Waals surface area contributed by atoms with Crippen LogP contribution in [0.2, 0.25) is 5.02 Å². The molecule has 1 saturated heterocycles. The van der Waals surface area contributed by atoms with Crippen molar-refractivity contribution >= 4 is 52.2 Å². The SMILES string of the molecule is O=C(CC1SC(=NN=Cc2cccc(OCc3ccccc3Cl)c2)NC1=O)Nc1ccccc1. The van der Waals surface area contributed by atoms with E-state index in [1.165, 1.54) is 11.8 Å². The van der Waals surface area contributed by atoms with E-state index in [0.29, 0.717) is 28.2 Å². The second-order valence-corrected chi connectivity index (χ2v) is 8.92. The van der Waals surface area contributed by atoms with Crippen molar-refractivity contribution in [1.29, 1.82) is 0 Å². The summed E-state index contributed by atoms with van der Waals surface area (Å²) in [5.41, 5.74) is 2.37. The third kappa shape index (κ3) is 6.69. The number of anilines is 1. The zero-order valence-corrected chi connectivity index (χ0v) is 19.6. The van der Waals surface area contributed by atoms with E-state index >= 15 is 0 Å². The van der Waals surface area contributed by atoms with Crippen LogP contribution in [0.15, 0.2) is 89.1 Å². The summed E-state index contributed by atoms with van der Waals surface area (Å²) in [6.45, 7) is 0.352. The molecule has 0 aromatic heterocycles. The van der Waals surface area contributed by atoms with Crippen LogP contribution in [-0.2, 0) is 16.2 Å². The first-order valence-corrected chi connectivity index (χ1v) is 11.7. The average molecular weight is 493 g/mol. The van der Waals surface area contributed by atoms with Crippen LogP contribution in [0.1, 0.15) is 17.5 Å². The molecule has 2 N–H and O–H groups in total. The highest BCUT2D eigenvalue weighted by Crippen LogP contribution is 2.23. The Balaban J connectivity index is 1.30. The number of thioether (sulfide) groups is 1. The Morgan fingerprint density at radius 1 is 1.09 bits per heavy atom. The van der Waals surface area contributed by atoms with Gasteiger partial charge in [0, 0.05) is 22.7 Å². The molecule has 4 rings (SSSR count). The monoisotopic (exact) mass is 492 g/mol. The number of nitrogens with one attached hydrogen (secondary N) is 2. The maximum absolute atomic E-state index is 12.2. The fourth-order valence-electron chi connectivity index (χ4n) is 3.10. The lowest BCUT2D eigenvalue weighted by Crippen LogP contribution is -2.28. The van der Waals surface area contributed by atoms with Gasteiger partial charge in [0.25, 0.3) is 0 Å². The Morgan fingerprint density at radius 3 is 2.71 bits per heavy atom. The van der Waals surface area contributed by atoms with Crippen LogP contribution in [-0.4, -0.2) is 28.4 Å². The van der Waals surface area contributed by atoms with Crippen LogP contribution in [0.5, 0.6) is 5.75 Å². The number of rotatable bonds is 8. The average Bonchev–Trinajstić information content (AvgIpc) is 3.18. The molecule has 3 aromatic carbocycles. The molecule has 172 valence electrons. The lowest BCUT2D eigenvalue weighted by Gasteiger charge is -2.08. The molecule has 0 saturated carbocycles. The van der Waals surface area contributed by atoms with Crippen molar-refractivity contribution in [1.82, 2.24) is 5.32 Å². The van der Waals surface area contributed by atoms with Crippen molar-refractivity contribution in [3.63, 3.8) is 0 Å². The van der Waals surface area contributed by atoms with E-state index in [1.54, 1.807) is 18.3 Å². The Morgan fingerprint density at radius 2 is 1.88 bits per heavy atom. The summed E-state index contributed by atoms with van der Waals surface area (Å²) < 4.78 is 5.82. The number of nitrogens with zero attached hydrogens (tertiary/aromatic N) is 2. The van der Waals surface area contributed by atoms with Gasteiger partial charge in [-0.25, -0.2) is 0 Å². The number of hydrogen-bond acceptors (Lipinski definition) is 6. The lowest BCUT2D eigenvalue weighted by molar-refractivity contribution is -0.122. The number of benzene rings is 3. The van der Waals surface area contributed by atoms with Gasteiger partial charge in [-0.1, -0.05) is 71.9 Å². The van der Waals surface area contributed by atoms with Gasteiger partial charge in [-0.2, -0.15) is 5.10 Å². The largest absolute Gasteiger partial charge is 0.489 e. The van der Waals surface area contributed by atoms with Crippen LogP contribution in [0.4, 0.5) is 5.69 Å². The Bertz CT molecular complexity index is 1230. The molecule has 9 heteroatoms. The van der Waals surface area contributed by atoms with Gasteiger partial charge in [-0.3, -0.25) is 9.59 Å². The summed E-state index contributed by atoms with van der Waals surface area (Å²) in [6.07, 6.45) is 1.61. The van der Waals surface area contributed by atoms with Crippen LogP contribution in [0.3, 0.4) is 0 Å². The van der Waals surface area contributed by atoms with Crippen molar-refractivity contribution in [2.24, 2.45) is 10.2 Å². The van der Waals surface area contributed by atoms with Gasteiger partial charge in [0.2, 0.25) is 11.8 Å². The van der Waals surface area contributed by atoms with Gasteiger partial charge in [-0.05, 0) is 35.9 Å². The van der Waals surface area contributed by atoms with Crippen LogP contribution >= 0.6 is 23.4 Å². The van der Waals surface area contributed by atoms with Gasteiger partial charge >= 0.3 is 0 Å². The molecule has 7 nitrogen and oxygen atoms in total. The van der Waals surface area contributed by atoms with E-state index in [-0.39, 0.29) is 18.2 Å². The zero-order chi connectivity index (χ0) is 23.8. The van der Waals surface area contributed by atoms with E-state index in [9.17, 15) is 9.59 Å². The minimum atomic E-state index is -0.556. The molecule has 1 fully saturated rings. The first-order valence-electron chi connectivity index (χ1n) is 10.5. The second kappa shape index (κ2) is 11.5. The summed E-state index contributed by atoms with van der Waals surface area (Å²) in [5, 5.41) is 14.0. The first-order chi connectivity index (χ1) is 16.6. The van der Waals surface area contributed by atoms with Crippen molar-refractivity contribution in [3.05, 3.63) is 95.0 Å². The first kappa shape index (κ1) is 23.5. The quantitative estimate of drug-likeness (QED) is 0.346. The summed E-state index contributed by atoms with van der Waals surface area (Å²) in [5.74, 6) is 0.166. The maximum Gasteiger partial charge on any atom is 0.240 e. The molecular formula is C25H21ClN4O3S. The standard InChI is InChI=1S/C25H21ClN4O3S/c26-21-12-5-4-8-18(21)16-33-20-11-6-7-17(13-20)15-27-30-25-29-24(32)22(34-25)14-23(31)28-19-9-2-1-3-10-19/h1-13,15,22H,14,16H2,(H,28,31)(H,29,30,32).